The summed E-state index contributed by atoms with van der Waals surface area (Å²) in [5.41, 5.74) is 1.95. The quantitative estimate of drug-likeness (QED) is 0.719. The van der Waals surface area contributed by atoms with Crippen molar-refractivity contribution in [1.82, 2.24) is 10.3 Å². The second kappa shape index (κ2) is 7.55. The number of ether oxygens (including phenoxy) is 2. The third kappa shape index (κ3) is 3.91. The highest BCUT2D eigenvalue weighted by Gasteiger charge is 2.12. The molecule has 0 atom stereocenters. The van der Waals surface area contributed by atoms with Gasteiger partial charge < -0.3 is 20.1 Å². The Morgan fingerprint density at radius 2 is 2.08 bits per heavy atom. The van der Waals surface area contributed by atoms with Crippen LogP contribution in [0.3, 0.4) is 0 Å². The van der Waals surface area contributed by atoms with Crippen molar-refractivity contribution in [3.8, 4) is 11.5 Å². The van der Waals surface area contributed by atoms with Gasteiger partial charge in [0.2, 0.25) is 0 Å². The van der Waals surface area contributed by atoms with Gasteiger partial charge in [-0.15, -0.1) is 0 Å². The summed E-state index contributed by atoms with van der Waals surface area (Å²) in [6, 6.07) is 5.83. The number of anilines is 1. The average Bonchev–Trinajstić information content (AvgIpc) is 2.60. The van der Waals surface area contributed by atoms with Gasteiger partial charge in [-0.3, -0.25) is 0 Å². The van der Waals surface area contributed by atoms with Crippen LogP contribution >= 0.6 is 39.7 Å². The standard InChI is InChI=1S/C16H15BrClN3O2S/c1-9-11(18)8-19-15(14(9)17)21-16(24)20-7-10-2-3-12-13(6-10)23-5-4-22-12/h2-3,6,8H,4-5,7H2,1H3,(H2,19,20,21,24). The zero-order valence-electron chi connectivity index (χ0n) is 12.9. The molecule has 126 valence electrons. The average molecular weight is 429 g/mol. The first kappa shape index (κ1) is 17.3. The van der Waals surface area contributed by atoms with Gasteiger partial charge in [-0.1, -0.05) is 17.7 Å². The monoisotopic (exact) mass is 427 g/mol. The summed E-state index contributed by atoms with van der Waals surface area (Å²) in [7, 11) is 0. The largest absolute Gasteiger partial charge is 0.486 e. The van der Waals surface area contributed by atoms with Crippen LogP contribution in [-0.4, -0.2) is 23.3 Å². The van der Waals surface area contributed by atoms with E-state index in [1.54, 1.807) is 6.20 Å². The molecule has 0 unspecified atom stereocenters. The number of halogens is 2. The molecule has 0 saturated carbocycles. The van der Waals surface area contributed by atoms with Crippen LogP contribution in [0.15, 0.2) is 28.9 Å². The van der Waals surface area contributed by atoms with Gasteiger partial charge >= 0.3 is 0 Å². The summed E-state index contributed by atoms with van der Waals surface area (Å²) in [5.74, 6) is 2.16. The third-order valence-electron chi connectivity index (χ3n) is 3.49. The molecule has 1 aliphatic heterocycles. The van der Waals surface area contributed by atoms with Crippen molar-refractivity contribution in [2.75, 3.05) is 18.5 Å². The molecule has 0 bridgehead atoms. The maximum absolute atomic E-state index is 6.03. The third-order valence-corrected chi connectivity index (χ3v) is 5.09. The number of hydrogen-bond acceptors (Lipinski definition) is 4. The van der Waals surface area contributed by atoms with Crippen LogP contribution in [0.2, 0.25) is 5.02 Å². The molecule has 0 spiro atoms. The Morgan fingerprint density at radius 3 is 2.88 bits per heavy atom. The number of thiocarbonyl (C=S) groups is 1. The predicted octanol–water partition coefficient (Wildman–Crippen LogP) is 4.06. The van der Waals surface area contributed by atoms with E-state index in [9.17, 15) is 0 Å². The summed E-state index contributed by atoms with van der Waals surface area (Å²) >= 11 is 14.8. The van der Waals surface area contributed by atoms with E-state index in [2.05, 4.69) is 31.5 Å². The fourth-order valence-electron chi connectivity index (χ4n) is 2.18. The molecular weight excluding hydrogens is 414 g/mol. The van der Waals surface area contributed by atoms with E-state index in [-0.39, 0.29) is 0 Å². The molecule has 2 heterocycles. The van der Waals surface area contributed by atoms with Crippen molar-refractivity contribution in [1.29, 1.82) is 0 Å². The molecule has 3 rings (SSSR count). The van der Waals surface area contributed by atoms with Crippen molar-refractivity contribution >= 4 is 50.7 Å². The lowest BCUT2D eigenvalue weighted by atomic mass is 10.2. The van der Waals surface area contributed by atoms with Crippen LogP contribution in [0, 0.1) is 6.92 Å². The van der Waals surface area contributed by atoms with E-state index in [1.807, 2.05) is 25.1 Å². The molecule has 0 fully saturated rings. The normalized spacial score (nSPS) is 12.6. The van der Waals surface area contributed by atoms with Gasteiger partial charge in [0.1, 0.15) is 19.0 Å². The number of nitrogens with zero attached hydrogens (tertiary/aromatic N) is 1. The van der Waals surface area contributed by atoms with Crippen molar-refractivity contribution in [3.63, 3.8) is 0 Å². The van der Waals surface area contributed by atoms with Crippen molar-refractivity contribution in [2.45, 2.75) is 13.5 Å². The van der Waals surface area contributed by atoms with E-state index in [4.69, 9.17) is 33.3 Å². The Labute approximate surface area is 158 Å². The van der Waals surface area contributed by atoms with E-state index >= 15 is 0 Å². The number of aromatic nitrogens is 1. The van der Waals surface area contributed by atoms with Gasteiger partial charge in [-0.2, -0.15) is 0 Å². The molecule has 0 amide bonds. The second-order valence-electron chi connectivity index (χ2n) is 5.18. The van der Waals surface area contributed by atoms with Crippen molar-refractivity contribution in [3.05, 3.63) is 45.0 Å². The fourth-order valence-corrected chi connectivity index (χ4v) is 3.02. The number of rotatable bonds is 3. The molecule has 8 heteroatoms. The first-order valence-electron chi connectivity index (χ1n) is 7.28. The minimum atomic E-state index is 0.472. The lowest BCUT2D eigenvalue weighted by Crippen LogP contribution is -2.28. The molecule has 1 aromatic heterocycles. The van der Waals surface area contributed by atoms with Crippen LogP contribution in [-0.2, 0) is 6.54 Å². The molecule has 0 radical (unpaired) electrons. The number of fused-ring (bicyclic) bond motifs is 1. The number of hydrogen-bond donors (Lipinski definition) is 2. The van der Waals surface area contributed by atoms with Crippen LogP contribution in [0.25, 0.3) is 0 Å². The zero-order chi connectivity index (χ0) is 17.1. The minimum Gasteiger partial charge on any atom is -0.486 e. The molecule has 2 aromatic rings. The van der Waals surface area contributed by atoms with Gasteiger partial charge in [-0.05, 0) is 58.3 Å². The highest BCUT2D eigenvalue weighted by atomic mass is 79.9. The molecule has 5 nitrogen and oxygen atoms in total. The first-order chi connectivity index (χ1) is 11.5. The molecule has 24 heavy (non-hydrogen) atoms. The second-order valence-corrected chi connectivity index (χ2v) is 6.79. The van der Waals surface area contributed by atoms with E-state index < -0.39 is 0 Å². The predicted molar refractivity (Wildman–Crippen MR) is 102 cm³/mol. The summed E-state index contributed by atoms with van der Waals surface area (Å²) in [5, 5.41) is 7.28. The highest BCUT2D eigenvalue weighted by molar-refractivity contribution is 9.10. The molecular formula is C16H15BrClN3O2S. The summed E-state index contributed by atoms with van der Waals surface area (Å²) < 4.78 is 11.9. The summed E-state index contributed by atoms with van der Waals surface area (Å²) in [6.45, 7) is 3.62. The number of nitrogens with one attached hydrogen (secondary N) is 2. The first-order valence-corrected chi connectivity index (χ1v) is 8.86. The molecule has 1 aromatic carbocycles. The van der Waals surface area contributed by atoms with E-state index in [0.717, 1.165) is 27.1 Å². The molecule has 0 aliphatic carbocycles. The Bertz CT molecular complexity index is 788. The summed E-state index contributed by atoms with van der Waals surface area (Å²) in [6.07, 6.45) is 1.59. The van der Waals surface area contributed by atoms with Gasteiger partial charge in [0, 0.05) is 12.7 Å². The zero-order valence-corrected chi connectivity index (χ0v) is 16.0. The number of pyridine rings is 1. The van der Waals surface area contributed by atoms with Crippen LogP contribution in [0.5, 0.6) is 11.5 Å². The molecule has 0 saturated heterocycles. The van der Waals surface area contributed by atoms with Crippen LogP contribution in [0.4, 0.5) is 5.82 Å². The summed E-state index contributed by atoms with van der Waals surface area (Å²) in [4.78, 5) is 4.24. The van der Waals surface area contributed by atoms with Crippen molar-refractivity contribution < 1.29 is 9.47 Å². The van der Waals surface area contributed by atoms with E-state index in [1.165, 1.54) is 0 Å². The van der Waals surface area contributed by atoms with Crippen LogP contribution < -0.4 is 20.1 Å². The Morgan fingerprint density at radius 1 is 1.33 bits per heavy atom. The molecule has 2 N–H and O–H groups in total. The highest BCUT2D eigenvalue weighted by Crippen LogP contribution is 2.31. The minimum absolute atomic E-state index is 0.472. The van der Waals surface area contributed by atoms with Gasteiger partial charge in [0.05, 0.1) is 9.50 Å². The van der Waals surface area contributed by atoms with E-state index in [0.29, 0.717) is 35.7 Å². The SMILES string of the molecule is Cc1c(Cl)cnc(NC(=S)NCc2ccc3c(c2)OCCO3)c1Br. The lowest BCUT2D eigenvalue weighted by Gasteiger charge is -2.19. The number of benzene rings is 1. The molecule has 1 aliphatic rings. The lowest BCUT2D eigenvalue weighted by molar-refractivity contribution is 0.171. The topological polar surface area (TPSA) is 55.4 Å². The Kier molecular flexibility index (Phi) is 5.43. The smallest absolute Gasteiger partial charge is 0.172 e. The fraction of sp³-hybridized carbons (Fsp3) is 0.250. The maximum atomic E-state index is 6.03. The van der Waals surface area contributed by atoms with Gasteiger partial charge in [0.25, 0.3) is 0 Å². The van der Waals surface area contributed by atoms with Crippen LogP contribution in [0.1, 0.15) is 11.1 Å². The maximum Gasteiger partial charge on any atom is 0.172 e. The van der Waals surface area contributed by atoms with Crippen molar-refractivity contribution in [2.24, 2.45) is 0 Å². The van der Waals surface area contributed by atoms with Gasteiger partial charge in [-0.25, -0.2) is 4.98 Å². The Hall–Kier alpha value is -1.57. The Balaban J connectivity index is 1.61. The van der Waals surface area contributed by atoms with Gasteiger partial charge in [0.15, 0.2) is 16.6 Å².